The molecule has 0 aliphatic heterocycles. The molecule has 0 atom stereocenters. The highest BCUT2D eigenvalue weighted by Crippen LogP contribution is 2.28. The van der Waals surface area contributed by atoms with Crippen molar-refractivity contribution in [3.8, 4) is 0 Å². The second-order valence-electron chi connectivity index (χ2n) is 2.65. The molecule has 0 radical (unpaired) electrons. The van der Waals surface area contributed by atoms with Gasteiger partial charge < -0.3 is 5.32 Å². The van der Waals surface area contributed by atoms with Gasteiger partial charge in [-0.3, -0.25) is 4.79 Å². The van der Waals surface area contributed by atoms with Gasteiger partial charge in [0.05, 0.1) is 0 Å². The standard InChI is InChI=1S/C6H8F3NO/c7-6(8,9)5(11)10-3-4-1-2-4/h4H,1-3H2,(H,10,11). The first-order valence-electron chi connectivity index (χ1n) is 3.35. The molecule has 0 saturated heterocycles. The number of nitrogens with one attached hydrogen (secondary N) is 1. The average Bonchev–Trinajstić information content (AvgIpc) is 2.62. The molecular weight excluding hydrogens is 159 g/mol. The molecule has 0 aromatic carbocycles. The normalized spacial score (nSPS) is 18.1. The lowest BCUT2D eigenvalue weighted by Gasteiger charge is -2.05. The molecule has 5 heteroatoms. The monoisotopic (exact) mass is 167 g/mol. The minimum absolute atomic E-state index is 0.165. The first kappa shape index (κ1) is 8.36. The highest BCUT2D eigenvalue weighted by atomic mass is 19.4. The largest absolute Gasteiger partial charge is 0.471 e. The molecular formula is C6H8F3NO. The number of rotatable bonds is 2. The van der Waals surface area contributed by atoms with E-state index in [1.807, 2.05) is 5.32 Å². The van der Waals surface area contributed by atoms with E-state index in [9.17, 15) is 18.0 Å². The van der Waals surface area contributed by atoms with Crippen molar-refractivity contribution in [2.75, 3.05) is 6.54 Å². The Hall–Kier alpha value is -0.740. The van der Waals surface area contributed by atoms with E-state index in [-0.39, 0.29) is 12.5 Å². The molecule has 0 aromatic rings. The van der Waals surface area contributed by atoms with Gasteiger partial charge in [-0.1, -0.05) is 0 Å². The van der Waals surface area contributed by atoms with E-state index in [0.29, 0.717) is 0 Å². The first-order chi connectivity index (χ1) is 5.00. The maximum atomic E-state index is 11.5. The topological polar surface area (TPSA) is 29.1 Å². The third-order valence-corrected chi connectivity index (χ3v) is 1.51. The van der Waals surface area contributed by atoms with Crippen molar-refractivity contribution in [1.82, 2.24) is 5.32 Å². The Kier molecular flexibility index (Phi) is 2.06. The summed E-state index contributed by atoms with van der Waals surface area (Å²) >= 11 is 0. The summed E-state index contributed by atoms with van der Waals surface area (Å²) < 4.78 is 34.5. The van der Waals surface area contributed by atoms with E-state index in [0.717, 1.165) is 12.8 Å². The van der Waals surface area contributed by atoms with Crippen LogP contribution in [0.1, 0.15) is 12.8 Å². The Morgan fingerprint density at radius 1 is 1.45 bits per heavy atom. The maximum absolute atomic E-state index is 11.5. The van der Waals surface area contributed by atoms with Crippen molar-refractivity contribution in [3.05, 3.63) is 0 Å². The molecule has 1 N–H and O–H groups in total. The molecule has 1 amide bonds. The molecule has 1 saturated carbocycles. The molecule has 1 aliphatic carbocycles. The van der Waals surface area contributed by atoms with Crippen LogP contribution in [-0.4, -0.2) is 18.6 Å². The van der Waals surface area contributed by atoms with Gasteiger partial charge in [-0.25, -0.2) is 0 Å². The molecule has 2 nitrogen and oxygen atoms in total. The Balaban J connectivity index is 2.19. The lowest BCUT2D eigenvalue weighted by Crippen LogP contribution is -2.37. The van der Waals surface area contributed by atoms with E-state index in [1.54, 1.807) is 0 Å². The summed E-state index contributed by atoms with van der Waals surface area (Å²) in [5.74, 6) is -1.55. The highest BCUT2D eigenvalue weighted by Gasteiger charge is 2.39. The van der Waals surface area contributed by atoms with Crippen LogP contribution >= 0.6 is 0 Å². The quantitative estimate of drug-likeness (QED) is 0.655. The lowest BCUT2D eigenvalue weighted by atomic mass is 10.4. The van der Waals surface area contributed by atoms with Crippen LogP contribution in [0.4, 0.5) is 13.2 Å². The van der Waals surface area contributed by atoms with Gasteiger partial charge in [-0.05, 0) is 18.8 Å². The number of amides is 1. The van der Waals surface area contributed by atoms with Gasteiger partial charge in [0.2, 0.25) is 0 Å². The third kappa shape index (κ3) is 2.78. The Labute approximate surface area is 61.8 Å². The van der Waals surface area contributed by atoms with Crippen LogP contribution in [0.5, 0.6) is 0 Å². The molecule has 1 aliphatic rings. The predicted molar refractivity (Wildman–Crippen MR) is 31.8 cm³/mol. The Morgan fingerprint density at radius 3 is 2.36 bits per heavy atom. The molecule has 64 valence electrons. The summed E-state index contributed by atoms with van der Waals surface area (Å²) in [5, 5.41) is 1.82. The van der Waals surface area contributed by atoms with Crippen molar-refractivity contribution in [2.45, 2.75) is 19.0 Å². The zero-order valence-electron chi connectivity index (χ0n) is 5.74. The van der Waals surface area contributed by atoms with E-state index in [4.69, 9.17) is 0 Å². The summed E-state index contributed by atoms with van der Waals surface area (Å²) in [6, 6.07) is 0. The van der Waals surface area contributed by atoms with Crippen molar-refractivity contribution in [1.29, 1.82) is 0 Å². The summed E-state index contributed by atoms with van der Waals surface area (Å²) in [6.45, 7) is 0.165. The zero-order chi connectivity index (χ0) is 8.48. The highest BCUT2D eigenvalue weighted by molar-refractivity contribution is 5.81. The summed E-state index contributed by atoms with van der Waals surface area (Å²) in [7, 11) is 0. The predicted octanol–water partition coefficient (Wildman–Crippen LogP) is 1.07. The lowest BCUT2D eigenvalue weighted by molar-refractivity contribution is -0.173. The van der Waals surface area contributed by atoms with E-state index >= 15 is 0 Å². The fourth-order valence-electron chi connectivity index (χ4n) is 0.659. The molecule has 0 bridgehead atoms. The molecule has 0 spiro atoms. The fraction of sp³-hybridized carbons (Fsp3) is 0.833. The SMILES string of the molecule is O=C(NCC1CC1)C(F)(F)F. The smallest absolute Gasteiger partial charge is 0.348 e. The van der Waals surface area contributed by atoms with Crippen molar-refractivity contribution in [2.24, 2.45) is 5.92 Å². The van der Waals surface area contributed by atoms with Gasteiger partial charge in [-0.2, -0.15) is 13.2 Å². The number of carbonyl (C=O) groups excluding carboxylic acids is 1. The minimum atomic E-state index is -4.73. The zero-order valence-corrected chi connectivity index (χ0v) is 5.74. The summed E-state index contributed by atoms with van der Waals surface area (Å²) in [5.41, 5.74) is 0. The first-order valence-corrected chi connectivity index (χ1v) is 3.35. The fourth-order valence-corrected chi connectivity index (χ4v) is 0.659. The molecule has 0 aromatic heterocycles. The van der Waals surface area contributed by atoms with Gasteiger partial charge in [-0.15, -0.1) is 0 Å². The van der Waals surface area contributed by atoms with Gasteiger partial charge in [0.1, 0.15) is 0 Å². The number of alkyl halides is 3. The van der Waals surface area contributed by atoms with Crippen LogP contribution in [0.2, 0.25) is 0 Å². The molecule has 1 rings (SSSR count). The number of hydrogen-bond donors (Lipinski definition) is 1. The third-order valence-electron chi connectivity index (χ3n) is 1.51. The van der Waals surface area contributed by atoms with Gasteiger partial charge in [0, 0.05) is 6.54 Å². The molecule has 0 unspecified atom stereocenters. The number of halogens is 3. The van der Waals surface area contributed by atoms with E-state index in [1.165, 1.54) is 0 Å². The molecule has 0 heterocycles. The van der Waals surface area contributed by atoms with Crippen LogP contribution in [0.15, 0.2) is 0 Å². The van der Waals surface area contributed by atoms with Crippen LogP contribution in [0, 0.1) is 5.92 Å². The van der Waals surface area contributed by atoms with Crippen molar-refractivity contribution in [3.63, 3.8) is 0 Å². The average molecular weight is 167 g/mol. The number of carbonyl (C=O) groups is 1. The minimum Gasteiger partial charge on any atom is -0.348 e. The second kappa shape index (κ2) is 2.71. The Bertz CT molecular complexity index is 162. The van der Waals surface area contributed by atoms with Gasteiger partial charge in [0.25, 0.3) is 0 Å². The van der Waals surface area contributed by atoms with Crippen molar-refractivity contribution < 1.29 is 18.0 Å². The van der Waals surface area contributed by atoms with E-state index in [2.05, 4.69) is 0 Å². The summed E-state index contributed by atoms with van der Waals surface area (Å²) in [6.07, 6.45) is -2.87. The van der Waals surface area contributed by atoms with Crippen LogP contribution < -0.4 is 5.32 Å². The van der Waals surface area contributed by atoms with Crippen LogP contribution in [0.3, 0.4) is 0 Å². The maximum Gasteiger partial charge on any atom is 0.471 e. The second-order valence-corrected chi connectivity index (χ2v) is 2.65. The van der Waals surface area contributed by atoms with Crippen LogP contribution in [0.25, 0.3) is 0 Å². The Morgan fingerprint density at radius 2 is 2.00 bits per heavy atom. The van der Waals surface area contributed by atoms with Gasteiger partial charge >= 0.3 is 12.1 Å². The molecule has 1 fully saturated rings. The van der Waals surface area contributed by atoms with Crippen LogP contribution in [-0.2, 0) is 4.79 Å². The van der Waals surface area contributed by atoms with E-state index < -0.39 is 12.1 Å². The number of hydrogen-bond acceptors (Lipinski definition) is 1. The van der Waals surface area contributed by atoms with Crippen molar-refractivity contribution >= 4 is 5.91 Å². The molecule has 11 heavy (non-hydrogen) atoms. The van der Waals surface area contributed by atoms with Gasteiger partial charge in [0.15, 0.2) is 0 Å². The summed E-state index contributed by atoms with van der Waals surface area (Å²) in [4.78, 5) is 10.2.